The number of halogens is 2. The number of carboxylic acids is 1. The van der Waals surface area contributed by atoms with Crippen LogP contribution in [0.5, 0.6) is 0 Å². The molecule has 2 N–H and O–H groups in total. The lowest BCUT2D eigenvalue weighted by atomic mass is 9.92. The van der Waals surface area contributed by atoms with Gasteiger partial charge in [0.25, 0.3) is 0 Å². The van der Waals surface area contributed by atoms with Crippen molar-refractivity contribution in [3.8, 4) is 10.6 Å². The number of rotatable bonds is 8. The fourth-order valence-electron chi connectivity index (χ4n) is 4.04. The predicted molar refractivity (Wildman–Crippen MR) is 130 cm³/mol. The monoisotopic (exact) mass is 483 g/mol. The number of carboxylic acid groups (broad SMARTS) is 1. The zero-order valence-corrected chi connectivity index (χ0v) is 19.4. The van der Waals surface area contributed by atoms with Crippen molar-refractivity contribution in [2.75, 3.05) is 6.54 Å². The maximum atomic E-state index is 14.8. The Kier molecular flexibility index (Phi) is 6.74. The lowest BCUT2D eigenvalue weighted by Gasteiger charge is -2.14. The molecule has 1 fully saturated rings. The van der Waals surface area contributed by atoms with Crippen LogP contribution in [0.4, 0.5) is 4.39 Å². The summed E-state index contributed by atoms with van der Waals surface area (Å²) in [4.78, 5) is 20.9. The summed E-state index contributed by atoms with van der Waals surface area (Å²) >= 11 is 1.41. The number of hydrogen-bond donors (Lipinski definition) is 2. The van der Waals surface area contributed by atoms with Gasteiger partial charge in [-0.05, 0) is 48.2 Å². The summed E-state index contributed by atoms with van der Waals surface area (Å²) in [5.41, 5.74) is 4.31. The average Bonchev–Trinajstić information content (AvgIpc) is 3.50. The van der Waals surface area contributed by atoms with Crippen molar-refractivity contribution in [1.82, 2.24) is 15.3 Å². The van der Waals surface area contributed by atoms with E-state index < -0.39 is 5.97 Å². The van der Waals surface area contributed by atoms with Crippen LogP contribution in [0.3, 0.4) is 0 Å². The van der Waals surface area contributed by atoms with E-state index in [0.29, 0.717) is 23.7 Å². The molecule has 1 aliphatic carbocycles. The lowest BCUT2D eigenvalue weighted by Crippen LogP contribution is -2.17. The van der Waals surface area contributed by atoms with Crippen LogP contribution >= 0.6 is 23.7 Å². The first-order valence-corrected chi connectivity index (χ1v) is 11.4. The van der Waals surface area contributed by atoms with E-state index in [1.807, 2.05) is 24.3 Å². The second-order valence-electron chi connectivity index (χ2n) is 8.12. The molecule has 2 aromatic carbocycles. The number of thiazole rings is 1. The van der Waals surface area contributed by atoms with Crippen LogP contribution in [-0.2, 0) is 16.8 Å². The van der Waals surface area contributed by atoms with Gasteiger partial charge in [-0.1, -0.05) is 47.7 Å². The van der Waals surface area contributed by atoms with Crippen molar-refractivity contribution in [1.29, 1.82) is 0 Å². The number of aromatic nitrogens is 2. The van der Waals surface area contributed by atoms with Crippen LogP contribution in [-0.4, -0.2) is 27.6 Å². The van der Waals surface area contributed by atoms with Crippen LogP contribution in [0, 0.1) is 5.82 Å². The Morgan fingerprint density at radius 3 is 2.58 bits per heavy atom. The summed E-state index contributed by atoms with van der Waals surface area (Å²) in [5, 5.41) is 12.3. The first kappa shape index (κ1) is 23.3. The molecular weight excluding hydrogens is 461 g/mol. The number of nitrogens with one attached hydrogen (secondary N) is 1. The first-order valence-electron chi connectivity index (χ1n) is 10.6. The highest BCUT2D eigenvalue weighted by molar-refractivity contribution is 7.21. The fraction of sp³-hybridized carbons (Fsp3) is 0.240. The molecule has 0 radical (unpaired) electrons. The second kappa shape index (κ2) is 9.55. The van der Waals surface area contributed by atoms with Crippen molar-refractivity contribution >= 4 is 40.1 Å². The van der Waals surface area contributed by atoms with E-state index in [2.05, 4.69) is 34.6 Å². The van der Waals surface area contributed by atoms with E-state index in [1.165, 1.54) is 23.0 Å². The molecule has 0 atom stereocenters. The van der Waals surface area contributed by atoms with Crippen molar-refractivity contribution in [3.63, 3.8) is 0 Å². The van der Waals surface area contributed by atoms with Crippen LogP contribution in [0.1, 0.15) is 36.1 Å². The van der Waals surface area contributed by atoms with Gasteiger partial charge < -0.3 is 10.4 Å². The standard InChI is InChI=1S/C25H22FN3O2S.ClH/c26-19-14-16(15-27-13-10-22(30)31)6-7-18(19)23-28-20-8-9-21(29-24(20)32-23)25(11-12-25)17-4-2-1-3-5-17;/h1-9,14,27H,10-13,15H2,(H,30,31);1H. The molecule has 5 rings (SSSR count). The van der Waals surface area contributed by atoms with Gasteiger partial charge in [0, 0.05) is 24.1 Å². The van der Waals surface area contributed by atoms with Crippen molar-refractivity contribution in [3.05, 3.63) is 83.3 Å². The minimum Gasteiger partial charge on any atom is -0.481 e. The molecule has 5 nitrogen and oxygen atoms in total. The van der Waals surface area contributed by atoms with Crippen molar-refractivity contribution < 1.29 is 14.3 Å². The van der Waals surface area contributed by atoms with Gasteiger partial charge in [-0.25, -0.2) is 14.4 Å². The van der Waals surface area contributed by atoms with Gasteiger partial charge in [-0.3, -0.25) is 4.79 Å². The zero-order valence-electron chi connectivity index (χ0n) is 17.8. The lowest BCUT2D eigenvalue weighted by molar-refractivity contribution is -0.136. The summed E-state index contributed by atoms with van der Waals surface area (Å²) < 4.78 is 14.8. The number of hydrogen-bond acceptors (Lipinski definition) is 5. The summed E-state index contributed by atoms with van der Waals surface area (Å²) in [6.45, 7) is 0.756. The Hall–Kier alpha value is -2.87. The highest BCUT2D eigenvalue weighted by Gasteiger charge is 2.47. The molecule has 0 aliphatic heterocycles. The smallest absolute Gasteiger partial charge is 0.304 e. The number of carbonyl (C=O) groups is 1. The Balaban J connectivity index is 0.00000259. The van der Waals surface area contributed by atoms with Crippen molar-refractivity contribution in [2.45, 2.75) is 31.2 Å². The van der Waals surface area contributed by atoms with Gasteiger partial charge in [-0.2, -0.15) is 0 Å². The van der Waals surface area contributed by atoms with Gasteiger partial charge in [-0.15, -0.1) is 12.4 Å². The summed E-state index contributed by atoms with van der Waals surface area (Å²) in [6, 6.07) is 19.5. The third kappa shape index (κ3) is 4.76. The van der Waals surface area contributed by atoms with Gasteiger partial charge in [0.1, 0.15) is 21.2 Å². The van der Waals surface area contributed by atoms with E-state index in [9.17, 15) is 9.18 Å². The minimum absolute atomic E-state index is 0. The molecule has 0 saturated heterocycles. The van der Waals surface area contributed by atoms with Gasteiger partial charge >= 0.3 is 5.97 Å². The fourth-order valence-corrected chi connectivity index (χ4v) is 5.01. The predicted octanol–water partition coefficient (Wildman–Crippen LogP) is 5.56. The van der Waals surface area contributed by atoms with E-state index in [1.54, 1.807) is 6.07 Å². The van der Waals surface area contributed by atoms with Crippen LogP contribution in [0.2, 0.25) is 0 Å². The number of aliphatic carboxylic acids is 1. The first-order chi connectivity index (χ1) is 15.5. The number of nitrogens with zero attached hydrogens (tertiary/aromatic N) is 2. The van der Waals surface area contributed by atoms with E-state index in [-0.39, 0.29) is 30.1 Å². The maximum Gasteiger partial charge on any atom is 0.304 e. The van der Waals surface area contributed by atoms with E-state index in [4.69, 9.17) is 10.1 Å². The molecule has 2 aromatic heterocycles. The van der Waals surface area contributed by atoms with Crippen LogP contribution < -0.4 is 5.32 Å². The molecule has 170 valence electrons. The molecule has 0 unspecified atom stereocenters. The normalized spacial score (nSPS) is 14.1. The molecule has 4 aromatic rings. The molecule has 1 aliphatic rings. The van der Waals surface area contributed by atoms with Crippen LogP contribution in [0.25, 0.3) is 20.9 Å². The van der Waals surface area contributed by atoms with Crippen LogP contribution in [0.15, 0.2) is 60.7 Å². The Labute approximate surface area is 201 Å². The molecule has 33 heavy (non-hydrogen) atoms. The van der Waals surface area contributed by atoms with Gasteiger partial charge in [0.2, 0.25) is 0 Å². The topological polar surface area (TPSA) is 75.1 Å². The number of benzene rings is 2. The molecule has 0 bridgehead atoms. The van der Waals surface area contributed by atoms with Gasteiger partial charge in [0.15, 0.2) is 0 Å². The van der Waals surface area contributed by atoms with E-state index in [0.717, 1.165) is 34.4 Å². The number of fused-ring (bicyclic) bond motifs is 1. The second-order valence-corrected chi connectivity index (χ2v) is 9.10. The minimum atomic E-state index is -0.858. The molecule has 8 heteroatoms. The number of pyridine rings is 1. The zero-order chi connectivity index (χ0) is 22.1. The molecule has 2 heterocycles. The quantitative estimate of drug-likeness (QED) is 0.321. The van der Waals surface area contributed by atoms with E-state index >= 15 is 0 Å². The Morgan fingerprint density at radius 1 is 1.09 bits per heavy atom. The Bertz CT molecular complexity index is 1290. The van der Waals surface area contributed by atoms with Crippen molar-refractivity contribution in [2.24, 2.45) is 0 Å². The molecule has 0 spiro atoms. The molecular formula is C25H23ClFN3O2S. The summed E-state index contributed by atoms with van der Waals surface area (Å²) in [6.07, 6.45) is 2.20. The third-order valence-corrected chi connectivity index (χ3v) is 6.93. The highest BCUT2D eigenvalue weighted by atomic mass is 35.5. The van der Waals surface area contributed by atoms with Gasteiger partial charge in [0.05, 0.1) is 12.1 Å². The summed E-state index contributed by atoms with van der Waals surface area (Å²) in [7, 11) is 0. The molecule has 1 saturated carbocycles. The third-order valence-electron chi connectivity index (χ3n) is 5.93. The largest absolute Gasteiger partial charge is 0.481 e. The molecule has 0 amide bonds. The average molecular weight is 484 g/mol. The summed E-state index contributed by atoms with van der Waals surface area (Å²) in [5.74, 6) is -1.20. The Morgan fingerprint density at radius 2 is 1.88 bits per heavy atom. The SMILES string of the molecule is Cl.O=C(O)CCNCc1ccc(-c2nc3ccc(C4(c5ccccc5)CC4)nc3s2)c(F)c1. The highest BCUT2D eigenvalue weighted by Crippen LogP contribution is 2.53. The maximum absolute atomic E-state index is 14.8.